The van der Waals surface area contributed by atoms with E-state index in [1.165, 1.54) is 0 Å². The van der Waals surface area contributed by atoms with Gasteiger partial charge in [0.15, 0.2) is 0 Å². The summed E-state index contributed by atoms with van der Waals surface area (Å²) in [6, 6.07) is 4.21. The molecule has 1 aliphatic heterocycles. The van der Waals surface area contributed by atoms with Crippen molar-refractivity contribution in [1.29, 1.82) is 5.26 Å². The first kappa shape index (κ1) is 17.2. The normalized spacial score (nSPS) is 15.1. The number of fused-ring (bicyclic) bond motifs is 1. The van der Waals surface area contributed by atoms with Gasteiger partial charge in [0.1, 0.15) is 17.5 Å². The molecule has 4 heterocycles. The van der Waals surface area contributed by atoms with Crippen LogP contribution in [0.4, 0.5) is 0 Å². The van der Waals surface area contributed by atoms with E-state index in [0.29, 0.717) is 6.42 Å². The molecular formula is C14H15Cl2N7. The Hall–Kier alpha value is -2.14. The Balaban J connectivity index is 0.000000960. The van der Waals surface area contributed by atoms with Crippen molar-refractivity contribution >= 4 is 35.8 Å². The van der Waals surface area contributed by atoms with Crippen LogP contribution in [0.15, 0.2) is 31.0 Å². The Bertz CT molecular complexity index is 844. The van der Waals surface area contributed by atoms with Crippen molar-refractivity contribution in [3.63, 3.8) is 0 Å². The fourth-order valence-corrected chi connectivity index (χ4v) is 2.74. The van der Waals surface area contributed by atoms with Gasteiger partial charge in [-0.1, -0.05) is 0 Å². The standard InChI is InChI=1S/C14H13N7.2ClH/c15-3-2-14(7-16-8-14)21-6-10(5-20-21)12-11-1-4-17-13(11)19-9-18-12;;/h1,4-6,9,16H,2,7-8H2,(H,17,18,19);2*1H. The minimum atomic E-state index is -0.225. The predicted octanol–water partition coefficient (Wildman–Crippen LogP) is 1.88. The summed E-state index contributed by atoms with van der Waals surface area (Å²) in [4.78, 5) is 11.6. The van der Waals surface area contributed by atoms with E-state index in [9.17, 15) is 0 Å². The number of H-pyrrole nitrogens is 1. The Morgan fingerprint density at radius 3 is 2.83 bits per heavy atom. The van der Waals surface area contributed by atoms with E-state index >= 15 is 0 Å². The molecule has 0 saturated carbocycles. The van der Waals surface area contributed by atoms with E-state index in [-0.39, 0.29) is 30.4 Å². The molecule has 3 aromatic rings. The van der Waals surface area contributed by atoms with Crippen LogP contribution in [0.3, 0.4) is 0 Å². The molecule has 0 unspecified atom stereocenters. The lowest BCUT2D eigenvalue weighted by atomic mass is 9.89. The summed E-state index contributed by atoms with van der Waals surface area (Å²) in [7, 11) is 0. The second-order valence-electron chi connectivity index (χ2n) is 5.30. The molecule has 0 bridgehead atoms. The first-order valence-corrected chi connectivity index (χ1v) is 6.74. The van der Waals surface area contributed by atoms with Gasteiger partial charge in [-0.3, -0.25) is 4.68 Å². The van der Waals surface area contributed by atoms with Crippen molar-refractivity contribution in [2.75, 3.05) is 13.1 Å². The van der Waals surface area contributed by atoms with Crippen LogP contribution >= 0.6 is 24.8 Å². The van der Waals surface area contributed by atoms with Gasteiger partial charge in [-0.05, 0) is 6.07 Å². The highest BCUT2D eigenvalue weighted by Crippen LogP contribution is 2.29. The van der Waals surface area contributed by atoms with Crippen molar-refractivity contribution in [2.24, 2.45) is 0 Å². The van der Waals surface area contributed by atoms with Crippen LogP contribution in [0.1, 0.15) is 6.42 Å². The quantitative estimate of drug-likeness (QED) is 0.750. The van der Waals surface area contributed by atoms with E-state index in [2.05, 4.69) is 31.4 Å². The van der Waals surface area contributed by atoms with E-state index < -0.39 is 0 Å². The molecular weight excluding hydrogens is 337 g/mol. The van der Waals surface area contributed by atoms with Gasteiger partial charge in [-0.25, -0.2) is 9.97 Å². The smallest absolute Gasteiger partial charge is 0.141 e. The number of aromatic nitrogens is 5. The van der Waals surface area contributed by atoms with Gasteiger partial charge in [0.2, 0.25) is 0 Å². The lowest BCUT2D eigenvalue weighted by molar-refractivity contribution is 0.160. The average molecular weight is 352 g/mol. The van der Waals surface area contributed by atoms with Crippen LogP contribution in [0, 0.1) is 11.3 Å². The highest BCUT2D eigenvalue weighted by molar-refractivity contribution is 5.90. The fourth-order valence-electron chi connectivity index (χ4n) is 2.74. The maximum absolute atomic E-state index is 9.02. The molecule has 0 amide bonds. The summed E-state index contributed by atoms with van der Waals surface area (Å²) in [5, 5.41) is 17.7. The van der Waals surface area contributed by atoms with Gasteiger partial charge >= 0.3 is 0 Å². The summed E-state index contributed by atoms with van der Waals surface area (Å²) in [6.45, 7) is 1.54. The second kappa shape index (κ2) is 6.54. The minimum absolute atomic E-state index is 0. The Morgan fingerprint density at radius 2 is 2.13 bits per heavy atom. The SMILES string of the molecule is Cl.Cl.N#CCC1(n2cc(-c3ncnc4[nH]ccc34)cn2)CNC1. The van der Waals surface area contributed by atoms with Crippen LogP contribution in [0.5, 0.6) is 0 Å². The third-order valence-electron chi connectivity index (χ3n) is 4.01. The zero-order valence-corrected chi connectivity index (χ0v) is 13.7. The van der Waals surface area contributed by atoms with Crippen LogP contribution in [-0.2, 0) is 5.54 Å². The van der Waals surface area contributed by atoms with Crippen molar-refractivity contribution in [3.8, 4) is 17.3 Å². The van der Waals surface area contributed by atoms with E-state index in [1.54, 1.807) is 12.5 Å². The van der Waals surface area contributed by atoms with E-state index in [1.807, 2.05) is 23.1 Å². The first-order chi connectivity index (χ1) is 10.3. The third-order valence-corrected chi connectivity index (χ3v) is 4.01. The molecule has 1 aliphatic rings. The van der Waals surface area contributed by atoms with Gasteiger partial charge in [0, 0.05) is 36.4 Å². The summed E-state index contributed by atoms with van der Waals surface area (Å²) in [5.74, 6) is 0. The number of hydrogen-bond acceptors (Lipinski definition) is 5. The molecule has 120 valence electrons. The maximum atomic E-state index is 9.02. The molecule has 3 aromatic heterocycles. The van der Waals surface area contributed by atoms with E-state index in [4.69, 9.17) is 5.26 Å². The summed E-state index contributed by atoms with van der Waals surface area (Å²) in [6.07, 6.45) is 7.60. The van der Waals surface area contributed by atoms with Gasteiger partial charge < -0.3 is 10.3 Å². The second-order valence-corrected chi connectivity index (χ2v) is 5.30. The van der Waals surface area contributed by atoms with Crippen molar-refractivity contribution in [2.45, 2.75) is 12.0 Å². The molecule has 0 radical (unpaired) electrons. The number of aromatic amines is 1. The molecule has 0 spiro atoms. The Labute approximate surface area is 144 Å². The number of hydrogen-bond donors (Lipinski definition) is 2. The van der Waals surface area contributed by atoms with Crippen LogP contribution < -0.4 is 5.32 Å². The summed E-state index contributed by atoms with van der Waals surface area (Å²) < 4.78 is 1.89. The molecule has 9 heteroatoms. The number of nitrogens with one attached hydrogen (secondary N) is 2. The Kier molecular flexibility index (Phi) is 4.90. The Morgan fingerprint density at radius 1 is 1.30 bits per heavy atom. The van der Waals surface area contributed by atoms with Crippen LogP contribution in [0.2, 0.25) is 0 Å². The number of halogens is 2. The van der Waals surface area contributed by atoms with Gasteiger partial charge in [-0.2, -0.15) is 10.4 Å². The van der Waals surface area contributed by atoms with Gasteiger partial charge in [0.05, 0.1) is 24.4 Å². The van der Waals surface area contributed by atoms with Crippen LogP contribution in [0.25, 0.3) is 22.3 Å². The predicted molar refractivity (Wildman–Crippen MR) is 90.7 cm³/mol. The topological polar surface area (TPSA) is 95.2 Å². The highest BCUT2D eigenvalue weighted by atomic mass is 35.5. The van der Waals surface area contributed by atoms with Crippen molar-refractivity contribution in [1.82, 2.24) is 30.0 Å². The minimum Gasteiger partial charge on any atom is -0.346 e. The number of rotatable bonds is 3. The monoisotopic (exact) mass is 351 g/mol. The molecule has 7 nitrogen and oxygen atoms in total. The fraction of sp³-hybridized carbons (Fsp3) is 0.286. The molecule has 2 N–H and O–H groups in total. The van der Waals surface area contributed by atoms with Crippen molar-refractivity contribution < 1.29 is 0 Å². The zero-order chi connectivity index (χ0) is 14.3. The zero-order valence-electron chi connectivity index (χ0n) is 12.1. The highest BCUT2D eigenvalue weighted by Gasteiger charge is 2.39. The van der Waals surface area contributed by atoms with E-state index in [0.717, 1.165) is 35.4 Å². The molecule has 1 saturated heterocycles. The molecule has 0 atom stereocenters. The molecule has 4 rings (SSSR count). The maximum Gasteiger partial charge on any atom is 0.141 e. The molecule has 0 aliphatic carbocycles. The van der Waals surface area contributed by atoms with Gasteiger partial charge in [-0.15, -0.1) is 24.8 Å². The largest absolute Gasteiger partial charge is 0.346 e. The average Bonchev–Trinajstić information content (AvgIpc) is 3.11. The lowest BCUT2D eigenvalue weighted by Crippen LogP contribution is -2.60. The van der Waals surface area contributed by atoms with Gasteiger partial charge in [0.25, 0.3) is 0 Å². The van der Waals surface area contributed by atoms with Crippen molar-refractivity contribution in [3.05, 3.63) is 31.0 Å². The molecule has 0 aromatic carbocycles. The number of nitrogens with zero attached hydrogens (tertiary/aromatic N) is 5. The summed E-state index contributed by atoms with van der Waals surface area (Å²) >= 11 is 0. The van der Waals surface area contributed by atoms with Crippen LogP contribution in [-0.4, -0.2) is 37.8 Å². The lowest BCUT2D eigenvalue weighted by Gasteiger charge is -2.41. The third kappa shape index (κ3) is 2.65. The first-order valence-electron chi connectivity index (χ1n) is 6.74. The molecule has 23 heavy (non-hydrogen) atoms. The summed E-state index contributed by atoms with van der Waals surface area (Å²) in [5.41, 5.74) is 2.38. The molecule has 1 fully saturated rings. The number of nitriles is 1.